The molecule has 1 fully saturated rings. The lowest BCUT2D eigenvalue weighted by Gasteiger charge is -2.36. The van der Waals surface area contributed by atoms with Crippen LogP contribution in [0.25, 0.3) is 0 Å². The van der Waals surface area contributed by atoms with Gasteiger partial charge in [-0.2, -0.15) is 11.8 Å². The molecule has 112 valence electrons. The molecule has 1 aromatic heterocycles. The fraction of sp³-hybridized carbons (Fsp3) is 0.733. The highest BCUT2D eigenvalue weighted by atomic mass is 79.9. The average Bonchev–Trinajstić information content (AvgIpc) is 2.46. The second-order valence-electron chi connectivity index (χ2n) is 5.54. The highest BCUT2D eigenvalue weighted by molar-refractivity contribution is 9.10. The first-order chi connectivity index (χ1) is 9.67. The van der Waals surface area contributed by atoms with Gasteiger partial charge in [0.05, 0.1) is 0 Å². The molecule has 1 saturated carbocycles. The third-order valence-electron chi connectivity index (χ3n) is 4.00. The Labute approximate surface area is 134 Å². The van der Waals surface area contributed by atoms with Crippen LogP contribution in [-0.2, 0) is 6.42 Å². The van der Waals surface area contributed by atoms with Crippen molar-refractivity contribution in [1.29, 1.82) is 0 Å². The molecule has 0 aliphatic heterocycles. The zero-order chi connectivity index (χ0) is 14.4. The monoisotopic (exact) mass is 357 g/mol. The molecular formula is C15H24BrN3S. The first kappa shape index (κ1) is 16.1. The predicted octanol–water partition coefficient (Wildman–Crippen LogP) is 4.67. The number of nitrogens with zero attached hydrogens (tertiary/aromatic N) is 2. The van der Waals surface area contributed by atoms with E-state index in [4.69, 9.17) is 0 Å². The molecule has 1 aliphatic rings. The van der Waals surface area contributed by atoms with Crippen molar-refractivity contribution in [3.05, 3.63) is 16.5 Å². The molecule has 1 heterocycles. The number of nitrogens with one attached hydrogen (secondary N) is 1. The van der Waals surface area contributed by atoms with Crippen LogP contribution in [0, 0.1) is 0 Å². The lowest BCUT2D eigenvalue weighted by Crippen LogP contribution is -2.35. The van der Waals surface area contributed by atoms with E-state index in [2.05, 4.69) is 44.4 Å². The van der Waals surface area contributed by atoms with E-state index in [-0.39, 0.29) is 0 Å². The molecule has 1 aliphatic carbocycles. The van der Waals surface area contributed by atoms with Crippen LogP contribution < -0.4 is 5.32 Å². The van der Waals surface area contributed by atoms with Crippen molar-refractivity contribution in [2.75, 3.05) is 18.1 Å². The van der Waals surface area contributed by atoms with Gasteiger partial charge in [-0.3, -0.25) is 0 Å². The van der Waals surface area contributed by atoms with Crippen molar-refractivity contribution in [2.24, 2.45) is 0 Å². The van der Waals surface area contributed by atoms with E-state index in [1.807, 2.05) is 17.8 Å². The number of anilines is 1. The Kier molecular flexibility index (Phi) is 6.15. The van der Waals surface area contributed by atoms with E-state index in [0.717, 1.165) is 35.6 Å². The minimum atomic E-state index is 0.389. The maximum Gasteiger partial charge on any atom is 0.132 e. The van der Waals surface area contributed by atoms with Gasteiger partial charge in [-0.1, -0.05) is 26.2 Å². The quantitative estimate of drug-likeness (QED) is 0.750. The smallest absolute Gasteiger partial charge is 0.132 e. The van der Waals surface area contributed by atoms with Gasteiger partial charge >= 0.3 is 0 Å². The van der Waals surface area contributed by atoms with E-state index in [1.54, 1.807) is 0 Å². The Morgan fingerprint density at radius 2 is 2.05 bits per heavy atom. The summed E-state index contributed by atoms with van der Waals surface area (Å²) in [4.78, 5) is 9.03. The molecular weight excluding hydrogens is 334 g/mol. The summed E-state index contributed by atoms with van der Waals surface area (Å²) in [6, 6.07) is 1.98. The normalized spacial score (nSPS) is 17.9. The van der Waals surface area contributed by atoms with Crippen LogP contribution in [0.4, 0.5) is 5.82 Å². The first-order valence-corrected chi connectivity index (χ1v) is 9.52. The van der Waals surface area contributed by atoms with Gasteiger partial charge in [0.15, 0.2) is 0 Å². The van der Waals surface area contributed by atoms with Gasteiger partial charge in [-0.25, -0.2) is 9.97 Å². The van der Waals surface area contributed by atoms with Crippen LogP contribution in [-0.4, -0.2) is 27.5 Å². The minimum Gasteiger partial charge on any atom is -0.369 e. The summed E-state index contributed by atoms with van der Waals surface area (Å²) in [6.45, 7) is 3.16. The summed E-state index contributed by atoms with van der Waals surface area (Å²) >= 11 is 5.50. The largest absolute Gasteiger partial charge is 0.369 e. The van der Waals surface area contributed by atoms with Crippen molar-refractivity contribution in [2.45, 2.75) is 56.6 Å². The highest BCUT2D eigenvalue weighted by Gasteiger charge is 2.30. The van der Waals surface area contributed by atoms with Gasteiger partial charge in [0.1, 0.15) is 16.2 Å². The summed E-state index contributed by atoms with van der Waals surface area (Å²) in [7, 11) is 0. The van der Waals surface area contributed by atoms with Gasteiger partial charge < -0.3 is 5.32 Å². The molecule has 0 spiro atoms. The summed E-state index contributed by atoms with van der Waals surface area (Å²) in [5.41, 5.74) is 0. The number of aryl methyl sites for hydroxylation is 1. The van der Waals surface area contributed by atoms with Gasteiger partial charge in [-0.15, -0.1) is 0 Å². The van der Waals surface area contributed by atoms with Crippen LogP contribution in [0.1, 0.15) is 51.3 Å². The Balaban J connectivity index is 2.02. The number of aromatic nitrogens is 2. The fourth-order valence-corrected chi connectivity index (χ4v) is 4.13. The second-order valence-corrected chi connectivity index (χ2v) is 7.63. The van der Waals surface area contributed by atoms with E-state index in [9.17, 15) is 0 Å². The summed E-state index contributed by atoms with van der Waals surface area (Å²) < 4.78 is 1.26. The molecule has 5 heteroatoms. The van der Waals surface area contributed by atoms with Crippen LogP contribution in [0.15, 0.2) is 10.7 Å². The van der Waals surface area contributed by atoms with E-state index >= 15 is 0 Å². The standard InChI is InChI=1S/C15H24BrN3S/c1-3-7-13-18-12(16)10-14(19-13)17-11-15(20-2)8-5-4-6-9-15/h10H,3-9,11H2,1-2H3,(H,17,18,19). The second kappa shape index (κ2) is 7.64. The topological polar surface area (TPSA) is 37.8 Å². The van der Waals surface area contributed by atoms with Crippen molar-refractivity contribution in [3.63, 3.8) is 0 Å². The average molecular weight is 358 g/mol. The molecule has 0 atom stereocenters. The number of thioether (sulfide) groups is 1. The highest BCUT2D eigenvalue weighted by Crippen LogP contribution is 2.38. The maximum absolute atomic E-state index is 4.61. The fourth-order valence-electron chi connectivity index (χ4n) is 2.79. The SMILES string of the molecule is CCCc1nc(Br)cc(NCC2(SC)CCCCC2)n1. The number of rotatable bonds is 6. The van der Waals surface area contributed by atoms with Crippen molar-refractivity contribution in [3.8, 4) is 0 Å². The van der Waals surface area contributed by atoms with Gasteiger partial charge in [0, 0.05) is 23.8 Å². The molecule has 20 heavy (non-hydrogen) atoms. The number of hydrogen-bond donors (Lipinski definition) is 1. The predicted molar refractivity (Wildman–Crippen MR) is 91.5 cm³/mol. The van der Waals surface area contributed by atoms with Gasteiger partial charge in [-0.05, 0) is 41.4 Å². The summed E-state index contributed by atoms with van der Waals surface area (Å²) in [5, 5.41) is 3.54. The molecule has 0 amide bonds. The Morgan fingerprint density at radius 1 is 1.30 bits per heavy atom. The lowest BCUT2D eigenvalue weighted by molar-refractivity contribution is 0.411. The van der Waals surface area contributed by atoms with E-state index < -0.39 is 0 Å². The first-order valence-electron chi connectivity index (χ1n) is 7.50. The summed E-state index contributed by atoms with van der Waals surface area (Å²) in [6.07, 6.45) is 11.0. The van der Waals surface area contributed by atoms with E-state index in [0.29, 0.717) is 4.75 Å². The molecule has 0 radical (unpaired) electrons. The molecule has 0 aromatic carbocycles. The number of hydrogen-bond acceptors (Lipinski definition) is 4. The van der Waals surface area contributed by atoms with Crippen LogP contribution in [0.3, 0.4) is 0 Å². The Morgan fingerprint density at radius 3 is 2.70 bits per heavy atom. The zero-order valence-corrected chi connectivity index (χ0v) is 14.8. The van der Waals surface area contributed by atoms with Gasteiger partial charge in [0.2, 0.25) is 0 Å². The summed E-state index contributed by atoms with van der Waals surface area (Å²) in [5.74, 6) is 1.88. The van der Waals surface area contributed by atoms with E-state index in [1.165, 1.54) is 32.1 Å². The third kappa shape index (κ3) is 4.35. The molecule has 1 aromatic rings. The molecule has 0 bridgehead atoms. The van der Waals surface area contributed by atoms with Crippen LogP contribution in [0.2, 0.25) is 0 Å². The van der Waals surface area contributed by atoms with Crippen molar-refractivity contribution < 1.29 is 0 Å². The van der Waals surface area contributed by atoms with Crippen molar-refractivity contribution >= 4 is 33.5 Å². The Hall–Kier alpha value is -0.290. The molecule has 1 N–H and O–H groups in total. The third-order valence-corrected chi connectivity index (χ3v) is 5.83. The molecule has 2 rings (SSSR count). The Bertz CT molecular complexity index is 433. The lowest BCUT2D eigenvalue weighted by atomic mass is 9.88. The van der Waals surface area contributed by atoms with Crippen LogP contribution in [0.5, 0.6) is 0 Å². The maximum atomic E-state index is 4.61. The minimum absolute atomic E-state index is 0.389. The molecule has 0 saturated heterocycles. The van der Waals surface area contributed by atoms with Gasteiger partial charge in [0.25, 0.3) is 0 Å². The van der Waals surface area contributed by atoms with Crippen molar-refractivity contribution in [1.82, 2.24) is 9.97 Å². The number of halogens is 1. The zero-order valence-electron chi connectivity index (χ0n) is 12.4. The van der Waals surface area contributed by atoms with Crippen LogP contribution >= 0.6 is 27.7 Å². The molecule has 0 unspecified atom stereocenters. The molecule has 3 nitrogen and oxygen atoms in total.